The van der Waals surface area contributed by atoms with E-state index in [0.29, 0.717) is 0 Å². The molecule has 0 spiro atoms. The van der Waals surface area contributed by atoms with E-state index < -0.39 is 0 Å². The highest BCUT2D eigenvalue weighted by Gasteiger charge is 2.16. The normalized spacial score (nSPS) is 11.3. The third-order valence-electron chi connectivity index (χ3n) is 3.48. The van der Waals surface area contributed by atoms with Gasteiger partial charge in [-0.1, -0.05) is 57.9 Å². The van der Waals surface area contributed by atoms with E-state index >= 15 is 0 Å². The average molecular weight is 371 g/mol. The maximum atomic E-state index is 6.42. The van der Waals surface area contributed by atoms with Crippen LogP contribution in [0.15, 0.2) is 30.3 Å². The Morgan fingerprint density at radius 3 is 2.57 bits per heavy atom. The maximum absolute atomic E-state index is 6.42. The first-order chi connectivity index (χ1) is 10.2. The van der Waals surface area contributed by atoms with Gasteiger partial charge in [0.1, 0.15) is 0 Å². The van der Waals surface area contributed by atoms with E-state index in [1.165, 1.54) is 5.56 Å². The van der Waals surface area contributed by atoms with Gasteiger partial charge in [-0.3, -0.25) is 9.58 Å². The van der Waals surface area contributed by atoms with Gasteiger partial charge in [-0.25, -0.2) is 0 Å². The minimum absolute atomic E-state index is 0.796. The van der Waals surface area contributed by atoms with Crippen LogP contribution in [0.5, 0.6) is 0 Å². The molecule has 2 rings (SSSR count). The monoisotopic (exact) mass is 369 g/mol. The minimum atomic E-state index is 0.796. The van der Waals surface area contributed by atoms with Crippen molar-refractivity contribution < 1.29 is 0 Å². The second kappa shape index (κ2) is 7.97. The summed E-state index contributed by atoms with van der Waals surface area (Å²) >= 11 is 9.96. The summed E-state index contributed by atoms with van der Waals surface area (Å²) in [5.74, 6) is 0. The zero-order valence-corrected chi connectivity index (χ0v) is 14.9. The van der Waals surface area contributed by atoms with Gasteiger partial charge in [-0.15, -0.1) is 0 Å². The Labute approximate surface area is 140 Å². The molecule has 21 heavy (non-hydrogen) atoms. The zero-order valence-electron chi connectivity index (χ0n) is 12.5. The maximum Gasteiger partial charge on any atom is 0.0860 e. The lowest BCUT2D eigenvalue weighted by Gasteiger charge is -2.22. The molecule has 0 amide bonds. The van der Waals surface area contributed by atoms with Crippen LogP contribution in [-0.4, -0.2) is 26.6 Å². The Hall–Kier alpha value is -0.840. The molecule has 0 radical (unpaired) electrons. The molecule has 1 heterocycles. The summed E-state index contributed by atoms with van der Waals surface area (Å²) in [6, 6.07) is 10.5. The Morgan fingerprint density at radius 2 is 1.95 bits per heavy atom. The number of halogens is 2. The molecular weight excluding hydrogens is 350 g/mol. The van der Waals surface area contributed by atoms with E-state index in [2.05, 4.69) is 57.1 Å². The highest BCUT2D eigenvalue weighted by atomic mass is 79.9. The molecule has 114 valence electrons. The van der Waals surface area contributed by atoms with Crippen LogP contribution in [0.3, 0.4) is 0 Å². The first kappa shape index (κ1) is 16.5. The third-order valence-corrected chi connectivity index (χ3v) is 4.32. The topological polar surface area (TPSA) is 21.1 Å². The molecule has 0 atom stereocenters. The van der Waals surface area contributed by atoms with Gasteiger partial charge in [-0.05, 0) is 19.4 Å². The lowest BCUT2D eigenvalue weighted by Crippen LogP contribution is -2.26. The van der Waals surface area contributed by atoms with Crippen molar-refractivity contribution in [3.05, 3.63) is 52.3 Å². The van der Waals surface area contributed by atoms with Gasteiger partial charge >= 0.3 is 0 Å². The average Bonchev–Trinajstić information content (AvgIpc) is 2.76. The predicted molar refractivity (Wildman–Crippen MR) is 92.0 cm³/mol. The molecule has 0 bridgehead atoms. The summed E-state index contributed by atoms with van der Waals surface area (Å²) in [6.07, 6.45) is 0. The molecule has 0 N–H and O–H groups in total. The Bertz CT molecular complexity index is 568. The van der Waals surface area contributed by atoms with Crippen LogP contribution in [0.25, 0.3) is 0 Å². The first-order valence-electron chi connectivity index (χ1n) is 7.19. The van der Waals surface area contributed by atoms with Crippen molar-refractivity contribution in [2.24, 2.45) is 0 Å². The third kappa shape index (κ3) is 4.31. The predicted octanol–water partition coefficient (Wildman–Crippen LogP) is 4.26. The van der Waals surface area contributed by atoms with Crippen molar-refractivity contribution in [1.29, 1.82) is 0 Å². The molecule has 0 aliphatic carbocycles. The molecule has 1 aromatic heterocycles. The van der Waals surface area contributed by atoms with E-state index in [1.54, 1.807) is 0 Å². The SMILES string of the molecule is CCn1nc(C)c(Cl)c1CN(CCBr)Cc1ccccc1. The van der Waals surface area contributed by atoms with Gasteiger partial charge in [0, 0.05) is 31.5 Å². The van der Waals surface area contributed by atoms with Gasteiger partial charge in [0.25, 0.3) is 0 Å². The number of hydrogen-bond donors (Lipinski definition) is 0. The quantitative estimate of drug-likeness (QED) is 0.679. The fourth-order valence-corrected chi connectivity index (χ4v) is 3.10. The van der Waals surface area contributed by atoms with Crippen LogP contribution >= 0.6 is 27.5 Å². The van der Waals surface area contributed by atoms with Gasteiger partial charge < -0.3 is 0 Å². The fourth-order valence-electron chi connectivity index (χ4n) is 2.41. The Morgan fingerprint density at radius 1 is 1.24 bits per heavy atom. The van der Waals surface area contributed by atoms with Crippen LogP contribution in [0, 0.1) is 6.92 Å². The number of rotatable bonds is 7. The van der Waals surface area contributed by atoms with E-state index in [4.69, 9.17) is 11.6 Å². The van der Waals surface area contributed by atoms with Crippen molar-refractivity contribution in [3.63, 3.8) is 0 Å². The number of benzene rings is 1. The van der Waals surface area contributed by atoms with Crippen LogP contribution in [-0.2, 0) is 19.6 Å². The minimum Gasteiger partial charge on any atom is -0.292 e. The standard InChI is InChI=1S/C16H21BrClN3/c1-3-21-15(16(18)13(2)19-21)12-20(10-9-17)11-14-7-5-4-6-8-14/h4-8H,3,9-12H2,1-2H3. The van der Waals surface area contributed by atoms with Crippen LogP contribution in [0.2, 0.25) is 5.02 Å². The lowest BCUT2D eigenvalue weighted by atomic mass is 10.2. The lowest BCUT2D eigenvalue weighted by molar-refractivity contribution is 0.265. The Kier molecular flexibility index (Phi) is 6.27. The molecule has 3 nitrogen and oxygen atoms in total. The molecule has 2 aromatic rings. The van der Waals surface area contributed by atoms with E-state index in [9.17, 15) is 0 Å². The van der Waals surface area contributed by atoms with Gasteiger partial charge in [0.05, 0.1) is 16.4 Å². The van der Waals surface area contributed by atoms with Gasteiger partial charge in [0.15, 0.2) is 0 Å². The molecule has 0 saturated heterocycles. The summed E-state index contributed by atoms with van der Waals surface area (Å²) < 4.78 is 2.00. The Balaban J connectivity index is 2.16. The van der Waals surface area contributed by atoms with Crippen molar-refractivity contribution in [2.75, 3.05) is 11.9 Å². The second-order valence-corrected chi connectivity index (χ2v) is 6.22. The van der Waals surface area contributed by atoms with Crippen LogP contribution in [0.1, 0.15) is 23.9 Å². The number of hydrogen-bond acceptors (Lipinski definition) is 2. The summed E-state index contributed by atoms with van der Waals surface area (Å²) in [6.45, 7) is 7.60. The highest BCUT2D eigenvalue weighted by molar-refractivity contribution is 9.09. The number of aromatic nitrogens is 2. The molecule has 5 heteroatoms. The summed E-state index contributed by atoms with van der Waals surface area (Å²) in [4.78, 5) is 2.39. The van der Waals surface area contributed by atoms with E-state index in [-0.39, 0.29) is 0 Å². The fraction of sp³-hybridized carbons (Fsp3) is 0.438. The molecular formula is C16H21BrClN3. The molecule has 0 fully saturated rings. The van der Waals surface area contributed by atoms with E-state index in [1.807, 2.05) is 17.7 Å². The molecule has 1 aromatic carbocycles. The van der Waals surface area contributed by atoms with Crippen LogP contribution in [0.4, 0.5) is 0 Å². The van der Waals surface area contributed by atoms with Gasteiger partial charge in [0.2, 0.25) is 0 Å². The number of nitrogens with zero attached hydrogens (tertiary/aromatic N) is 3. The van der Waals surface area contributed by atoms with Crippen molar-refractivity contribution >= 4 is 27.5 Å². The number of alkyl halides is 1. The van der Waals surface area contributed by atoms with Crippen molar-refractivity contribution in [2.45, 2.75) is 33.5 Å². The molecule has 0 unspecified atom stereocenters. The van der Waals surface area contributed by atoms with Crippen LogP contribution < -0.4 is 0 Å². The largest absolute Gasteiger partial charge is 0.292 e. The van der Waals surface area contributed by atoms with Crippen molar-refractivity contribution in [3.8, 4) is 0 Å². The number of aryl methyl sites for hydroxylation is 2. The molecule has 0 aliphatic rings. The second-order valence-electron chi connectivity index (χ2n) is 5.05. The van der Waals surface area contributed by atoms with E-state index in [0.717, 1.165) is 47.9 Å². The molecule has 0 saturated carbocycles. The first-order valence-corrected chi connectivity index (χ1v) is 8.69. The molecule has 0 aliphatic heterocycles. The van der Waals surface area contributed by atoms with Gasteiger partial charge in [-0.2, -0.15) is 5.10 Å². The highest BCUT2D eigenvalue weighted by Crippen LogP contribution is 2.22. The summed E-state index contributed by atoms with van der Waals surface area (Å²) in [5.41, 5.74) is 3.33. The summed E-state index contributed by atoms with van der Waals surface area (Å²) in [5, 5.41) is 6.23. The smallest absolute Gasteiger partial charge is 0.0860 e. The zero-order chi connectivity index (χ0) is 15.2. The summed E-state index contributed by atoms with van der Waals surface area (Å²) in [7, 11) is 0. The van der Waals surface area contributed by atoms with Crippen molar-refractivity contribution in [1.82, 2.24) is 14.7 Å².